The molecule has 0 radical (unpaired) electrons. The Morgan fingerprint density at radius 2 is 2.00 bits per heavy atom. The molecule has 0 amide bonds. The van der Waals surface area contributed by atoms with Gasteiger partial charge in [0.05, 0.1) is 4.92 Å². The second-order valence-corrected chi connectivity index (χ2v) is 2.78. The molecule has 0 aliphatic rings. The van der Waals surface area contributed by atoms with Crippen LogP contribution in [-0.4, -0.2) is 22.1 Å². The highest BCUT2D eigenvalue weighted by atomic mass is 16.6. The summed E-state index contributed by atoms with van der Waals surface area (Å²) in [6.07, 6.45) is 0. The molecule has 1 rings (SSSR count). The zero-order valence-corrected chi connectivity index (χ0v) is 7.54. The number of nitro benzene ring substituents is 1. The highest BCUT2D eigenvalue weighted by Crippen LogP contribution is 2.13. The maximum atomic E-state index is 10.4. The number of nitro groups is 2. The standard InChI is InChI=1S/C8H7N3O4/c9-8(5-10(12)13)6-2-1-3-7(4-6)11(14)15/h1-4,9H,5H2. The Balaban J connectivity index is 2.95. The highest BCUT2D eigenvalue weighted by molar-refractivity contribution is 5.99. The van der Waals surface area contributed by atoms with Crippen LogP contribution >= 0.6 is 0 Å². The smallest absolute Gasteiger partial charge is 0.270 e. The largest absolute Gasteiger partial charge is 0.298 e. The Hall–Kier alpha value is -2.31. The van der Waals surface area contributed by atoms with Gasteiger partial charge in [0.25, 0.3) is 5.69 Å². The summed E-state index contributed by atoms with van der Waals surface area (Å²) in [7, 11) is 0. The average molecular weight is 209 g/mol. The molecule has 0 aromatic heterocycles. The normalized spacial score (nSPS) is 9.60. The van der Waals surface area contributed by atoms with E-state index >= 15 is 0 Å². The maximum absolute atomic E-state index is 10.4. The van der Waals surface area contributed by atoms with E-state index < -0.39 is 16.4 Å². The molecule has 78 valence electrons. The molecular weight excluding hydrogens is 202 g/mol. The molecule has 0 unspecified atom stereocenters. The Kier molecular flexibility index (Phi) is 3.06. The molecule has 0 saturated heterocycles. The summed E-state index contributed by atoms with van der Waals surface area (Å²) >= 11 is 0. The molecule has 0 atom stereocenters. The third kappa shape index (κ3) is 2.83. The first-order valence-corrected chi connectivity index (χ1v) is 3.95. The minimum Gasteiger partial charge on any atom is -0.298 e. The zero-order valence-electron chi connectivity index (χ0n) is 7.54. The summed E-state index contributed by atoms with van der Waals surface area (Å²) in [4.78, 5) is 19.3. The van der Waals surface area contributed by atoms with Gasteiger partial charge >= 0.3 is 0 Å². The summed E-state index contributed by atoms with van der Waals surface area (Å²) in [6.45, 7) is -0.638. The molecule has 1 aromatic carbocycles. The predicted octanol–water partition coefficient (Wildman–Crippen LogP) is 1.24. The molecule has 0 aliphatic heterocycles. The van der Waals surface area contributed by atoms with Crippen LogP contribution in [0.5, 0.6) is 0 Å². The lowest BCUT2D eigenvalue weighted by Crippen LogP contribution is -2.13. The molecule has 0 spiro atoms. The topological polar surface area (TPSA) is 110 Å². The van der Waals surface area contributed by atoms with Gasteiger partial charge in [-0.25, -0.2) is 0 Å². The monoisotopic (exact) mass is 209 g/mol. The summed E-state index contributed by atoms with van der Waals surface area (Å²) in [5.41, 5.74) is -0.231. The molecule has 0 aliphatic carbocycles. The van der Waals surface area contributed by atoms with Gasteiger partial charge in [0, 0.05) is 22.6 Å². The second-order valence-electron chi connectivity index (χ2n) is 2.78. The van der Waals surface area contributed by atoms with Crippen molar-refractivity contribution in [3.8, 4) is 0 Å². The minimum absolute atomic E-state index is 0.180. The second kappa shape index (κ2) is 4.27. The highest BCUT2D eigenvalue weighted by Gasteiger charge is 2.12. The fraction of sp³-hybridized carbons (Fsp3) is 0.125. The van der Waals surface area contributed by atoms with E-state index in [4.69, 9.17) is 5.41 Å². The summed E-state index contributed by atoms with van der Waals surface area (Å²) in [5.74, 6) is 0. The summed E-state index contributed by atoms with van der Waals surface area (Å²) < 4.78 is 0. The number of hydrogen-bond donors (Lipinski definition) is 1. The average Bonchev–Trinajstić information content (AvgIpc) is 2.17. The van der Waals surface area contributed by atoms with Crippen molar-refractivity contribution in [1.29, 1.82) is 5.41 Å². The first kappa shape index (κ1) is 10.8. The van der Waals surface area contributed by atoms with Crippen molar-refractivity contribution in [1.82, 2.24) is 0 Å². The molecule has 1 N–H and O–H groups in total. The lowest BCUT2D eigenvalue weighted by molar-refractivity contribution is -0.463. The first-order valence-electron chi connectivity index (χ1n) is 3.95. The zero-order chi connectivity index (χ0) is 11.4. The maximum Gasteiger partial charge on any atom is 0.270 e. The molecule has 1 aromatic rings. The van der Waals surface area contributed by atoms with Crippen LogP contribution in [-0.2, 0) is 0 Å². The van der Waals surface area contributed by atoms with Gasteiger partial charge in [-0.3, -0.25) is 25.6 Å². The van der Waals surface area contributed by atoms with Crippen LogP contribution in [0.25, 0.3) is 0 Å². The number of rotatable bonds is 4. The van der Waals surface area contributed by atoms with Crippen molar-refractivity contribution < 1.29 is 9.85 Å². The molecule has 7 heteroatoms. The lowest BCUT2D eigenvalue weighted by Gasteiger charge is -1.98. The van der Waals surface area contributed by atoms with Crippen molar-refractivity contribution in [2.75, 3.05) is 6.54 Å². The van der Waals surface area contributed by atoms with E-state index in [-0.39, 0.29) is 17.0 Å². The molecule has 0 bridgehead atoms. The van der Waals surface area contributed by atoms with Crippen molar-refractivity contribution in [3.05, 3.63) is 50.1 Å². The van der Waals surface area contributed by atoms with Crippen molar-refractivity contribution >= 4 is 11.4 Å². The van der Waals surface area contributed by atoms with E-state index in [2.05, 4.69) is 0 Å². The van der Waals surface area contributed by atoms with Crippen molar-refractivity contribution in [2.45, 2.75) is 0 Å². The summed E-state index contributed by atoms with van der Waals surface area (Å²) in [6, 6.07) is 5.23. The van der Waals surface area contributed by atoms with Crippen LogP contribution in [0, 0.1) is 25.6 Å². The van der Waals surface area contributed by atoms with E-state index in [1.807, 2.05) is 0 Å². The van der Waals surface area contributed by atoms with E-state index in [0.717, 1.165) is 6.07 Å². The quantitative estimate of drug-likeness (QED) is 0.456. The Bertz CT molecular complexity index is 430. The van der Waals surface area contributed by atoms with Crippen molar-refractivity contribution in [3.63, 3.8) is 0 Å². The Labute approximate surface area is 84.2 Å². The first-order chi connectivity index (χ1) is 7.00. The van der Waals surface area contributed by atoms with Crippen LogP contribution < -0.4 is 0 Å². The predicted molar refractivity (Wildman–Crippen MR) is 51.8 cm³/mol. The van der Waals surface area contributed by atoms with Crippen LogP contribution in [0.2, 0.25) is 0 Å². The van der Waals surface area contributed by atoms with Gasteiger partial charge in [-0.05, 0) is 0 Å². The van der Waals surface area contributed by atoms with Crippen LogP contribution in [0.15, 0.2) is 24.3 Å². The number of nitrogens with zero attached hydrogens (tertiary/aromatic N) is 2. The van der Waals surface area contributed by atoms with Gasteiger partial charge in [-0.1, -0.05) is 12.1 Å². The summed E-state index contributed by atoms with van der Waals surface area (Å²) in [5, 5.41) is 27.9. The number of nitrogens with one attached hydrogen (secondary N) is 1. The number of hydrogen-bond acceptors (Lipinski definition) is 5. The van der Waals surface area contributed by atoms with Crippen LogP contribution in [0.3, 0.4) is 0 Å². The van der Waals surface area contributed by atoms with E-state index in [1.165, 1.54) is 18.2 Å². The van der Waals surface area contributed by atoms with E-state index in [1.54, 1.807) is 0 Å². The van der Waals surface area contributed by atoms with E-state index in [9.17, 15) is 20.2 Å². The molecule has 15 heavy (non-hydrogen) atoms. The Morgan fingerprint density at radius 3 is 2.53 bits per heavy atom. The minimum atomic E-state index is -0.652. The fourth-order valence-corrected chi connectivity index (χ4v) is 1.03. The SMILES string of the molecule is N=C(C[N+](=O)[O-])c1cccc([N+](=O)[O-])c1. The van der Waals surface area contributed by atoms with Gasteiger partial charge in [0.15, 0.2) is 0 Å². The molecule has 7 nitrogen and oxygen atoms in total. The van der Waals surface area contributed by atoms with Gasteiger partial charge in [-0.2, -0.15) is 0 Å². The number of non-ortho nitro benzene ring substituents is 1. The lowest BCUT2D eigenvalue weighted by atomic mass is 10.1. The van der Waals surface area contributed by atoms with Crippen LogP contribution in [0.1, 0.15) is 5.56 Å². The Morgan fingerprint density at radius 1 is 1.33 bits per heavy atom. The molecule has 0 saturated carbocycles. The number of benzene rings is 1. The van der Waals surface area contributed by atoms with E-state index in [0.29, 0.717) is 0 Å². The van der Waals surface area contributed by atoms with Gasteiger partial charge < -0.3 is 0 Å². The third-order valence-corrected chi connectivity index (χ3v) is 1.69. The fourth-order valence-electron chi connectivity index (χ4n) is 1.03. The molecule has 0 fully saturated rings. The molecule has 0 heterocycles. The van der Waals surface area contributed by atoms with Gasteiger partial charge in [0.2, 0.25) is 6.54 Å². The van der Waals surface area contributed by atoms with Crippen molar-refractivity contribution in [2.24, 2.45) is 0 Å². The van der Waals surface area contributed by atoms with Gasteiger partial charge in [0.1, 0.15) is 5.71 Å². The molecular formula is C8H7N3O4. The van der Waals surface area contributed by atoms with Gasteiger partial charge in [-0.15, -0.1) is 0 Å². The third-order valence-electron chi connectivity index (χ3n) is 1.69. The van der Waals surface area contributed by atoms with Crippen LogP contribution in [0.4, 0.5) is 5.69 Å².